The maximum atomic E-state index is 14.2. The molecule has 2 aromatic rings. The molecule has 9 heteroatoms. The van der Waals surface area contributed by atoms with Crippen molar-refractivity contribution in [3.05, 3.63) is 30.1 Å². The number of nitrogens with two attached hydrogens (primary N) is 1. The summed E-state index contributed by atoms with van der Waals surface area (Å²) in [5.74, 6) is -1.01. The van der Waals surface area contributed by atoms with Crippen LogP contribution >= 0.6 is 0 Å². The monoisotopic (exact) mass is 402 g/mol. The van der Waals surface area contributed by atoms with Crippen LogP contribution in [0.4, 0.5) is 14.9 Å². The van der Waals surface area contributed by atoms with Crippen LogP contribution in [0.1, 0.15) is 37.8 Å². The molecule has 2 atom stereocenters. The predicted octanol–water partition coefficient (Wildman–Crippen LogP) is 2.95. The highest BCUT2D eigenvalue weighted by Gasteiger charge is 2.33. The molecule has 8 nitrogen and oxygen atoms in total. The number of aromatic nitrogens is 2. The highest BCUT2D eigenvalue weighted by Crippen LogP contribution is 2.44. The van der Waals surface area contributed by atoms with Crippen molar-refractivity contribution >= 4 is 17.7 Å². The van der Waals surface area contributed by atoms with Gasteiger partial charge in [-0.3, -0.25) is 14.4 Å². The van der Waals surface area contributed by atoms with E-state index in [1.54, 1.807) is 18.3 Å². The SMILES string of the molecule is COC(=O)N1c2ccc(-c3cnn(C4CC4)c3)c(OC(F)C(N)=O)c2CCC1C. The van der Waals surface area contributed by atoms with Crippen LogP contribution in [0.2, 0.25) is 0 Å². The summed E-state index contributed by atoms with van der Waals surface area (Å²) >= 11 is 0. The number of hydrogen-bond donors (Lipinski definition) is 1. The zero-order valence-corrected chi connectivity index (χ0v) is 16.3. The molecular weight excluding hydrogens is 379 g/mol. The summed E-state index contributed by atoms with van der Waals surface area (Å²) < 4.78 is 26.4. The number of carbonyl (C=O) groups is 2. The van der Waals surface area contributed by atoms with Gasteiger partial charge < -0.3 is 15.2 Å². The van der Waals surface area contributed by atoms with E-state index >= 15 is 0 Å². The second kappa shape index (κ2) is 7.38. The molecule has 2 N–H and O–H groups in total. The maximum absolute atomic E-state index is 14.2. The second-order valence-electron chi connectivity index (χ2n) is 7.44. The molecule has 2 heterocycles. The minimum Gasteiger partial charge on any atom is -0.452 e. The van der Waals surface area contributed by atoms with Crippen LogP contribution in [0, 0.1) is 0 Å². The number of primary amides is 1. The molecule has 2 unspecified atom stereocenters. The number of hydrogen-bond acceptors (Lipinski definition) is 5. The largest absolute Gasteiger partial charge is 0.452 e. The van der Waals surface area contributed by atoms with E-state index in [1.807, 2.05) is 17.8 Å². The molecule has 0 spiro atoms. The lowest BCUT2D eigenvalue weighted by Crippen LogP contribution is -2.42. The molecule has 1 aliphatic carbocycles. The number of benzene rings is 1. The zero-order valence-electron chi connectivity index (χ0n) is 16.3. The molecule has 4 rings (SSSR count). The quantitative estimate of drug-likeness (QED) is 0.829. The Bertz CT molecular complexity index is 956. The smallest absolute Gasteiger partial charge is 0.414 e. The van der Waals surface area contributed by atoms with Crippen molar-refractivity contribution < 1.29 is 23.5 Å². The van der Waals surface area contributed by atoms with Gasteiger partial charge in [0.05, 0.1) is 25.0 Å². The maximum Gasteiger partial charge on any atom is 0.414 e. The number of amides is 2. The van der Waals surface area contributed by atoms with Crippen molar-refractivity contribution in [2.24, 2.45) is 5.73 Å². The van der Waals surface area contributed by atoms with Crippen LogP contribution in [0.15, 0.2) is 24.5 Å². The lowest BCUT2D eigenvalue weighted by Gasteiger charge is -2.35. The Labute approximate surface area is 167 Å². The molecule has 29 heavy (non-hydrogen) atoms. The summed E-state index contributed by atoms with van der Waals surface area (Å²) in [5, 5.41) is 4.38. The average molecular weight is 402 g/mol. The molecule has 2 amide bonds. The first-order valence-corrected chi connectivity index (χ1v) is 9.58. The molecule has 0 saturated heterocycles. The van der Waals surface area contributed by atoms with E-state index in [0.717, 1.165) is 18.4 Å². The Morgan fingerprint density at radius 3 is 2.72 bits per heavy atom. The van der Waals surface area contributed by atoms with Crippen molar-refractivity contribution in [2.75, 3.05) is 12.0 Å². The van der Waals surface area contributed by atoms with Gasteiger partial charge in [-0.1, -0.05) is 0 Å². The van der Waals surface area contributed by atoms with Crippen molar-refractivity contribution in [3.63, 3.8) is 0 Å². The van der Waals surface area contributed by atoms with E-state index < -0.39 is 18.4 Å². The number of methoxy groups -OCH3 is 1. The number of rotatable bonds is 5. The molecule has 1 aliphatic heterocycles. The first-order chi connectivity index (χ1) is 13.9. The van der Waals surface area contributed by atoms with Crippen LogP contribution in [-0.2, 0) is 16.0 Å². The lowest BCUT2D eigenvalue weighted by molar-refractivity contribution is -0.131. The van der Waals surface area contributed by atoms with Gasteiger partial charge >= 0.3 is 12.5 Å². The first kappa shape index (κ1) is 19.2. The Balaban J connectivity index is 1.83. The minimum absolute atomic E-state index is 0.0939. The number of nitrogens with zero attached hydrogens (tertiary/aromatic N) is 3. The molecule has 0 radical (unpaired) electrons. The van der Waals surface area contributed by atoms with Crippen LogP contribution in [0.5, 0.6) is 5.75 Å². The summed E-state index contributed by atoms with van der Waals surface area (Å²) in [6, 6.07) is 3.82. The van der Waals surface area contributed by atoms with Gasteiger partial charge in [-0.2, -0.15) is 9.49 Å². The molecular formula is C20H23FN4O4. The average Bonchev–Trinajstić information content (AvgIpc) is 3.44. The third kappa shape index (κ3) is 3.52. The zero-order chi connectivity index (χ0) is 20.7. The van der Waals surface area contributed by atoms with Gasteiger partial charge in [-0.25, -0.2) is 4.79 Å². The van der Waals surface area contributed by atoms with Gasteiger partial charge in [0, 0.05) is 28.9 Å². The summed E-state index contributed by atoms with van der Waals surface area (Å²) in [6.45, 7) is 1.91. The second-order valence-corrected chi connectivity index (χ2v) is 7.44. The number of alkyl halides is 1. The molecule has 2 aliphatic rings. The van der Waals surface area contributed by atoms with Gasteiger partial charge in [0.15, 0.2) is 0 Å². The Hall–Kier alpha value is -3.10. The summed E-state index contributed by atoms with van der Waals surface area (Å²) in [5.41, 5.74) is 7.62. The van der Waals surface area contributed by atoms with Crippen LogP contribution in [0.25, 0.3) is 11.1 Å². The fourth-order valence-corrected chi connectivity index (χ4v) is 3.72. The molecule has 1 aromatic carbocycles. The van der Waals surface area contributed by atoms with Crippen molar-refractivity contribution in [1.29, 1.82) is 0 Å². The van der Waals surface area contributed by atoms with Gasteiger partial charge in [0.1, 0.15) is 5.75 Å². The number of anilines is 1. The fourth-order valence-electron chi connectivity index (χ4n) is 3.72. The number of halogens is 1. The van der Waals surface area contributed by atoms with Crippen molar-refractivity contribution in [2.45, 2.75) is 51.0 Å². The number of ether oxygens (including phenoxy) is 2. The van der Waals surface area contributed by atoms with E-state index in [-0.39, 0.29) is 11.8 Å². The highest BCUT2D eigenvalue weighted by atomic mass is 19.1. The predicted molar refractivity (Wildman–Crippen MR) is 103 cm³/mol. The van der Waals surface area contributed by atoms with Crippen molar-refractivity contribution in [3.8, 4) is 16.9 Å². The first-order valence-electron chi connectivity index (χ1n) is 9.58. The third-order valence-electron chi connectivity index (χ3n) is 5.40. The fraction of sp³-hybridized carbons (Fsp3) is 0.450. The van der Waals surface area contributed by atoms with Crippen molar-refractivity contribution in [1.82, 2.24) is 9.78 Å². The molecule has 154 valence electrons. The summed E-state index contributed by atoms with van der Waals surface area (Å²) in [4.78, 5) is 25.2. The number of fused-ring (bicyclic) bond motifs is 1. The lowest BCUT2D eigenvalue weighted by atomic mass is 9.92. The topological polar surface area (TPSA) is 99.7 Å². The highest BCUT2D eigenvalue weighted by molar-refractivity contribution is 5.92. The standard InChI is InChI=1S/C20H23FN4O4/c1-11-3-6-15-16(25(11)20(27)28-2)8-7-14(17(15)29-18(21)19(22)26)12-9-23-24(10-12)13-4-5-13/h7-11,13,18H,3-6H2,1-2H3,(H2,22,26). The van der Waals surface area contributed by atoms with Gasteiger partial charge in [0.25, 0.3) is 5.91 Å². The van der Waals surface area contributed by atoms with E-state index in [9.17, 15) is 14.0 Å². The summed E-state index contributed by atoms with van der Waals surface area (Å²) in [6.07, 6.45) is 4.10. The van der Waals surface area contributed by atoms with Gasteiger partial charge in [0.2, 0.25) is 0 Å². The Morgan fingerprint density at radius 1 is 1.31 bits per heavy atom. The third-order valence-corrected chi connectivity index (χ3v) is 5.40. The molecule has 1 fully saturated rings. The van der Waals surface area contributed by atoms with Gasteiger partial charge in [-0.15, -0.1) is 0 Å². The minimum atomic E-state index is -2.30. The molecule has 0 bridgehead atoms. The Kier molecular flexibility index (Phi) is 4.89. The van der Waals surface area contributed by atoms with E-state index in [1.165, 1.54) is 12.0 Å². The van der Waals surface area contributed by atoms with Crippen LogP contribution < -0.4 is 15.4 Å². The number of carbonyl (C=O) groups excluding carboxylic acids is 2. The Morgan fingerprint density at radius 2 is 2.07 bits per heavy atom. The van der Waals surface area contributed by atoms with E-state index in [2.05, 4.69) is 5.10 Å². The van der Waals surface area contributed by atoms with E-state index in [0.29, 0.717) is 35.7 Å². The summed E-state index contributed by atoms with van der Waals surface area (Å²) in [7, 11) is 1.31. The van der Waals surface area contributed by atoms with Gasteiger partial charge in [-0.05, 0) is 44.7 Å². The van der Waals surface area contributed by atoms with Crippen LogP contribution in [-0.4, -0.2) is 41.3 Å². The normalized spacial score (nSPS) is 19.4. The molecule has 1 aromatic heterocycles. The molecule has 1 saturated carbocycles. The van der Waals surface area contributed by atoms with E-state index in [4.69, 9.17) is 15.2 Å². The van der Waals surface area contributed by atoms with Crippen LogP contribution in [0.3, 0.4) is 0 Å².